The second kappa shape index (κ2) is 9.68. The third kappa shape index (κ3) is 5.46. The summed E-state index contributed by atoms with van der Waals surface area (Å²) in [5, 5.41) is 5.45. The van der Waals surface area contributed by atoms with Crippen LogP contribution in [-0.2, 0) is 4.79 Å². The molecule has 1 atom stereocenters. The maximum absolute atomic E-state index is 12.0. The Morgan fingerprint density at radius 3 is 2.68 bits per heavy atom. The van der Waals surface area contributed by atoms with Gasteiger partial charge >= 0.3 is 0 Å². The number of hydrogen-bond donors (Lipinski definition) is 1. The number of ether oxygens (including phenoxy) is 1. The Balaban J connectivity index is 1.67. The van der Waals surface area contributed by atoms with Crippen LogP contribution in [0.3, 0.4) is 0 Å². The molecule has 0 radical (unpaired) electrons. The van der Waals surface area contributed by atoms with E-state index in [1.54, 1.807) is 24.4 Å². The first-order chi connectivity index (χ1) is 14.6. The molecule has 3 rings (SSSR count). The maximum Gasteiger partial charge on any atom is 0.277 e. The first kappa shape index (κ1) is 23.7. The highest BCUT2D eigenvalue weighted by atomic mass is 35.5. The van der Waals surface area contributed by atoms with Crippen LogP contribution in [0, 0.1) is 0 Å². The predicted molar refractivity (Wildman–Crippen MR) is 129 cm³/mol. The molecule has 31 heavy (non-hydrogen) atoms. The van der Waals surface area contributed by atoms with Gasteiger partial charge in [0, 0.05) is 28.4 Å². The molecule has 0 saturated carbocycles. The van der Waals surface area contributed by atoms with Crippen molar-refractivity contribution in [2.45, 2.75) is 45.6 Å². The minimum absolute atomic E-state index is 0.0705. The fraction of sp³-hybridized carbons (Fsp3) is 0.391. The monoisotopic (exact) mass is 481 g/mol. The largest absolute Gasteiger partial charge is 0.482 e. The van der Waals surface area contributed by atoms with E-state index in [9.17, 15) is 4.79 Å². The Hall–Kier alpha value is -1.95. The Labute approximate surface area is 198 Å². The third-order valence-electron chi connectivity index (χ3n) is 5.47. The van der Waals surface area contributed by atoms with Crippen LogP contribution >= 0.6 is 34.8 Å². The van der Waals surface area contributed by atoms with Gasteiger partial charge in [0.1, 0.15) is 5.75 Å². The van der Waals surface area contributed by atoms with Gasteiger partial charge < -0.3 is 9.64 Å². The number of rotatable bonds is 6. The fourth-order valence-corrected chi connectivity index (χ4v) is 4.83. The van der Waals surface area contributed by atoms with Crippen LogP contribution in [-0.4, -0.2) is 30.8 Å². The third-order valence-corrected chi connectivity index (χ3v) is 6.32. The number of carbonyl (C=O) groups is 1. The number of fused-ring (bicyclic) bond motifs is 1. The van der Waals surface area contributed by atoms with Gasteiger partial charge in [-0.3, -0.25) is 4.79 Å². The van der Waals surface area contributed by atoms with E-state index in [1.165, 1.54) is 5.56 Å². The van der Waals surface area contributed by atoms with E-state index < -0.39 is 5.91 Å². The molecule has 1 N–H and O–H groups in total. The summed E-state index contributed by atoms with van der Waals surface area (Å²) >= 11 is 18.4. The summed E-state index contributed by atoms with van der Waals surface area (Å²) in [6.07, 6.45) is 2.60. The molecular weight excluding hydrogens is 457 g/mol. The smallest absolute Gasteiger partial charge is 0.277 e. The van der Waals surface area contributed by atoms with Gasteiger partial charge in [-0.05, 0) is 69.0 Å². The van der Waals surface area contributed by atoms with Gasteiger partial charge in [0.15, 0.2) is 6.61 Å². The van der Waals surface area contributed by atoms with Crippen LogP contribution in [0.15, 0.2) is 35.4 Å². The molecule has 0 fully saturated rings. The molecule has 5 nitrogen and oxygen atoms in total. The molecule has 1 aliphatic heterocycles. The standard InChI is InChI=1S/C23H26Cl3N3O2/c1-5-29-20-10-18(25)15(8-17(20)14(2)11-23(29,3)4)12-27-28-22(30)13-31-21-7-6-16(24)9-19(21)26/h6-10,12,14H,5,11,13H2,1-4H3,(H,28,30)/b27-12+. The summed E-state index contributed by atoms with van der Waals surface area (Å²) in [5.74, 6) is 0.355. The highest BCUT2D eigenvalue weighted by Crippen LogP contribution is 2.44. The number of hydrogen-bond acceptors (Lipinski definition) is 4. The van der Waals surface area contributed by atoms with Crippen molar-refractivity contribution in [3.05, 3.63) is 56.5 Å². The first-order valence-electron chi connectivity index (χ1n) is 10.1. The highest BCUT2D eigenvalue weighted by molar-refractivity contribution is 6.35. The van der Waals surface area contributed by atoms with E-state index >= 15 is 0 Å². The van der Waals surface area contributed by atoms with E-state index in [-0.39, 0.29) is 12.1 Å². The summed E-state index contributed by atoms with van der Waals surface area (Å²) in [7, 11) is 0. The van der Waals surface area contributed by atoms with Crippen LogP contribution in [0.1, 0.15) is 51.2 Å². The molecule has 2 aromatic rings. The second-order valence-corrected chi connectivity index (χ2v) is 9.50. The average Bonchev–Trinajstić information content (AvgIpc) is 2.68. The summed E-state index contributed by atoms with van der Waals surface area (Å²) in [6, 6.07) is 8.84. The lowest BCUT2D eigenvalue weighted by Crippen LogP contribution is -2.48. The zero-order chi connectivity index (χ0) is 22.8. The Kier molecular flexibility index (Phi) is 7.40. The molecule has 0 aromatic heterocycles. The number of halogens is 3. The second-order valence-electron chi connectivity index (χ2n) is 8.25. The quantitative estimate of drug-likeness (QED) is 0.389. The molecule has 0 saturated heterocycles. The van der Waals surface area contributed by atoms with Crippen molar-refractivity contribution in [3.63, 3.8) is 0 Å². The number of hydrazone groups is 1. The molecule has 0 bridgehead atoms. The predicted octanol–water partition coefficient (Wildman–Crippen LogP) is 6.29. The molecule has 0 aliphatic carbocycles. The van der Waals surface area contributed by atoms with Crippen molar-refractivity contribution in [2.75, 3.05) is 18.1 Å². The molecule has 1 amide bonds. The number of nitrogens with zero attached hydrogens (tertiary/aromatic N) is 2. The summed E-state index contributed by atoms with van der Waals surface area (Å²) < 4.78 is 5.40. The minimum Gasteiger partial charge on any atom is -0.482 e. The maximum atomic E-state index is 12.0. The van der Waals surface area contributed by atoms with Crippen molar-refractivity contribution in [2.24, 2.45) is 5.10 Å². The molecule has 1 heterocycles. The van der Waals surface area contributed by atoms with Gasteiger partial charge in [0.05, 0.1) is 16.3 Å². The SMILES string of the molecule is CCN1c2cc(Cl)c(/C=N/NC(=O)COc3ccc(Cl)cc3Cl)cc2C(C)CC1(C)C. The molecule has 8 heteroatoms. The minimum atomic E-state index is -0.413. The van der Waals surface area contributed by atoms with E-state index in [1.807, 2.05) is 6.07 Å². The molecular formula is C23H26Cl3N3O2. The van der Waals surface area contributed by atoms with Gasteiger partial charge in [-0.2, -0.15) is 5.10 Å². The number of carbonyl (C=O) groups excluding carboxylic acids is 1. The molecule has 166 valence electrons. The Morgan fingerprint density at radius 1 is 1.26 bits per heavy atom. The van der Waals surface area contributed by atoms with Gasteiger partial charge in [-0.25, -0.2) is 5.43 Å². The van der Waals surface area contributed by atoms with Gasteiger partial charge in [0.25, 0.3) is 5.91 Å². The average molecular weight is 483 g/mol. The van der Waals surface area contributed by atoms with E-state index in [0.29, 0.717) is 26.7 Å². The molecule has 1 aliphatic rings. The lowest BCUT2D eigenvalue weighted by atomic mass is 9.79. The van der Waals surface area contributed by atoms with Crippen LogP contribution in [0.25, 0.3) is 0 Å². The first-order valence-corrected chi connectivity index (χ1v) is 11.3. The van der Waals surface area contributed by atoms with E-state index in [0.717, 1.165) is 24.2 Å². The van der Waals surface area contributed by atoms with Crippen molar-refractivity contribution >= 4 is 52.6 Å². The van der Waals surface area contributed by atoms with Crippen molar-refractivity contribution in [1.82, 2.24) is 5.43 Å². The van der Waals surface area contributed by atoms with Gasteiger partial charge in [-0.1, -0.05) is 41.7 Å². The van der Waals surface area contributed by atoms with E-state index in [4.69, 9.17) is 39.5 Å². The van der Waals surface area contributed by atoms with Gasteiger partial charge in [-0.15, -0.1) is 0 Å². The number of benzene rings is 2. The Morgan fingerprint density at radius 2 is 2.00 bits per heavy atom. The van der Waals surface area contributed by atoms with Crippen molar-refractivity contribution in [3.8, 4) is 5.75 Å². The Bertz CT molecular complexity index is 1010. The summed E-state index contributed by atoms with van der Waals surface area (Å²) in [6.45, 7) is 9.57. The van der Waals surface area contributed by atoms with E-state index in [2.05, 4.69) is 49.2 Å². The lowest BCUT2D eigenvalue weighted by Gasteiger charge is -2.47. The summed E-state index contributed by atoms with van der Waals surface area (Å²) in [4.78, 5) is 14.4. The van der Waals surface area contributed by atoms with Crippen LogP contribution in [0.2, 0.25) is 15.1 Å². The molecule has 0 spiro atoms. The van der Waals surface area contributed by atoms with Crippen LogP contribution in [0.4, 0.5) is 5.69 Å². The lowest BCUT2D eigenvalue weighted by molar-refractivity contribution is -0.123. The number of amides is 1. The van der Waals surface area contributed by atoms with Crippen LogP contribution < -0.4 is 15.1 Å². The number of nitrogens with one attached hydrogen (secondary N) is 1. The fourth-order valence-electron chi connectivity index (χ4n) is 4.16. The van der Waals surface area contributed by atoms with Gasteiger partial charge in [0.2, 0.25) is 0 Å². The summed E-state index contributed by atoms with van der Waals surface area (Å²) in [5.41, 5.74) is 5.67. The molecule has 2 aromatic carbocycles. The van der Waals surface area contributed by atoms with Crippen molar-refractivity contribution in [1.29, 1.82) is 0 Å². The molecule has 1 unspecified atom stereocenters. The zero-order valence-corrected chi connectivity index (χ0v) is 20.3. The topological polar surface area (TPSA) is 53.9 Å². The normalized spacial score (nSPS) is 17.5. The zero-order valence-electron chi connectivity index (χ0n) is 18.0. The number of anilines is 1. The van der Waals surface area contributed by atoms with Crippen LogP contribution in [0.5, 0.6) is 5.75 Å². The highest BCUT2D eigenvalue weighted by Gasteiger charge is 2.35. The van der Waals surface area contributed by atoms with Crippen molar-refractivity contribution < 1.29 is 9.53 Å².